The van der Waals surface area contributed by atoms with E-state index in [9.17, 15) is 14.7 Å². The molecule has 2 N–H and O–H groups in total. The van der Waals surface area contributed by atoms with Gasteiger partial charge in [-0.1, -0.05) is 0 Å². The van der Waals surface area contributed by atoms with Gasteiger partial charge in [-0.3, -0.25) is 9.79 Å². The highest BCUT2D eigenvalue weighted by atomic mass is 16.4. The largest absolute Gasteiger partial charge is 0.504 e. The van der Waals surface area contributed by atoms with Gasteiger partial charge in [0.05, 0.1) is 5.71 Å². The minimum absolute atomic E-state index is 0.188. The van der Waals surface area contributed by atoms with Gasteiger partial charge >= 0.3 is 5.97 Å². The molecule has 1 heterocycles. The van der Waals surface area contributed by atoms with Crippen LogP contribution in [0, 0.1) is 0 Å². The Morgan fingerprint density at radius 1 is 1.53 bits per heavy atom. The Balaban J connectivity index is 2.45. The molecule has 78 valence electrons. The van der Waals surface area contributed by atoms with Crippen LogP contribution in [0.3, 0.4) is 0 Å². The molecule has 0 saturated carbocycles. The average molecular weight is 207 g/mol. The van der Waals surface area contributed by atoms with E-state index in [4.69, 9.17) is 5.11 Å². The number of hydrogen-bond acceptors (Lipinski definition) is 4. The normalized spacial score (nSPS) is 29.1. The Kier molecular flexibility index (Phi) is 1.79. The summed E-state index contributed by atoms with van der Waals surface area (Å²) in [6, 6.07) is 0. The fourth-order valence-corrected chi connectivity index (χ4v) is 1.64. The number of carboxylic acids is 1. The SMILES string of the molecule is CC1(C(=O)O)CC2=CC(=O)C(O)=CC2=N1. The number of aliphatic hydroxyl groups is 1. The standard InChI is InChI=1S/C10H9NO4/c1-10(9(14)15)4-5-2-7(12)8(13)3-6(5)11-10/h2-3,13H,4H2,1H3,(H,14,15). The lowest BCUT2D eigenvalue weighted by molar-refractivity contribution is -0.142. The number of aliphatic hydroxyl groups excluding tert-OH is 1. The van der Waals surface area contributed by atoms with Crippen LogP contribution in [0.15, 0.2) is 28.5 Å². The van der Waals surface area contributed by atoms with Crippen LogP contribution in [0.25, 0.3) is 0 Å². The maximum Gasteiger partial charge on any atom is 0.331 e. The first kappa shape index (κ1) is 9.64. The molecular weight excluding hydrogens is 198 g/mol. The number of aliphatic carboxylic acids is 1. The Labute approximate surface area is 85.4 Å². The van der Waals surface area contributed by atoms with Crippen molar-refractivity contribution < 1.29 is 19.8 Å². The Morgan fingerprint density at radius 2 is 2.20 bits per heavy atom. The molecule has 0 aromatic heterocycles. The maximum absolute atomic E-state index is 11.1. The van der Waals surface area contributed by atoms with E-state index in [2.05, 4.69) is 4.99 Å². The van der Waals surface area contributed by atoms with E-state index in [1.54, 1.807) is 0 Å². The van der Waals surface area contributed by atoms with Crippen molar-refractivity contribution in [2.75, 3.05) is 0 Å². The van der Waals surface area contributed by atoms with Gasteiger partial charge < -0.3 is 10.2 Å². The van der Waals surface area contributed by atoms with Gasteiger partial charge in [-0.15, -0.1) is 0 Å². The van der Waals surface area contributed by atoms with E-state index in [-0.39, 0.29) is 6.42 Å². The van der Waals surface area contributed by atoms with Crippen molar-refractivity contribution in [3.8, 4) is 0 Å². The number of nitrogens with zero attached hydrogens (tertiary/aromatic N) is 1. The first-order chi connectivity index (χ1) is 6.92. The molecule has 2 rings (SSSR count). The summed E-state index contributed by atoms with van der Waals surface area (Å²) in [5, 5.41) is 18.1. The number of allylic oxidation sites excluding steroid dienone is 2. The quantitative estimate of drug-likeness (QED) is 0.617. The summed E-state index contributed by atoms with van der Waals surface area (Å²) in [6.07, 6.45) is 2.64. The predicted molar refractivity (Wildman–Crippen MR) is 51.9 cm³/mol. The van der Waals surface area contributed by atoms with Gasteiger partial charge in [-0.05, 0) is 18.6 Å². The van der Waals surface area contributed by atoms with E-state index in [0.29, 0.717) is 11.3 Å². The summed E-state index contributed by atoms with van der Waals surface area (Å²) >= 11 is 0. The lowest BCUT2D eigenvalue weighted by Gasteiger charge is -2.12. The first-order valence-corrected chi connectivity index (χ1v) is 4.41. The van der Waals surface area contributed by atoms with Crippen molar-refractivity contribution in [1.82, 2.24) is 0 Å². The summed E-state index contributed by atoms with van der Waals surface area (Å²) in [4.78, 5) is 26.0. The van der Waals surface area contributed by atoms with Crippen LogP contribution in [-0.2, 0) is 9.59 Å². The molecule has 0 radical (unpaired) electrons. The Bertz CT molecular complexity index is 458. The third-order valence-corrected chi connectivity index (χ3v) is 2.52. The highest BCUT2D eigenvalue weighted by molar-refractivity contribution is 6.23. The van der Waals surface area contributed by atoms with Crippen LogP contribution in [0.1, 0.15) is 13.3 Å². The minimum atomic E-state index is -1.22. The van der Waals surface area contributed by atoms with Crippen LogP contribution in [-0.4, -0.2) is 33.2 Å². The number of hydrogen-bond donors (Lipinski definition) is 2. The number of carbonyl (C=O) groups excluding carboxylic acids is 1. The Morgan fingerprint density at radius 3 is 2.80 bits per heavy atom. The van der Waals surface area contributed by atoms with Gasteiger partial charge in [0.2, 0.25) is 5.78 Å². The van der Waals surface area contributed by atoms with E-state index in [1.165, 1.54) is 19.1 Å². The third-order valence-electron chi connectivity index (χ3n) is 2.52. The van der Waals surface area contributed by atoms with Gasteiger partial charge in [0.15, 0.2) is 11.3 Å². The summed E-state index contributed by atoms with van der Waals surface area (Å²) in [6.45, 7) is 1.48. The summed E-state index contributed by atoms with van der Waals surface area (Å²) < 4.78 is 0. The minimum Gasteiger partial charge on any atom is -0.504 e. The zero-order valence-electron chi connectivity index (χ0n) is 8.02. The predicted octanol–water partition coefficient (Wildman–Crippen LogP) is 0.625. The molecule has 5 heteroatoms. The zero-order valence-corrected chi connectivity index (χ0v) is 8.02. The molecular formula is C10H9NO4. The maximum atomic E-state index is 11.1. The van der Waals surface area contributed by atoms with Crippen molar-refractivity contribution in [1.29, 1.82) is 0 Å². The summed E-state index contributed by atoms with van der Waals surface area (Å²) in [5.74, 6) is -1.93. The van der Waals surface area contributed by atoms with Gasteiger partial charge in [-0.25, -0.2) is 4.79 Å². The lowest BCUT2D eigenvalue weighted by atomic mass is 9.93. The van der Waals surface area contributed by atoms with E-state index < -0.39 is 23.1 Å². The second kappa shape index (κ2) is 2.79. The van der Waals surface area contributed by atoms with Gasteiger partial charge in [-0.2, -0.15) is 0 Å². The second-order valence-corrected chi connectivity index (χ2v) is 3.82. The van der Waals surface area contributed by atoms with Crippen LogP contribution in [0.5, 0.6) is 0 Å². The van der Waals surface area contributed by atoms with E-state index in [0.717, 1.165) is 0 Å². The number of rotatable bonds is 1. The fourth-order valence-electron chi connectivity index (χ4n) is 1.64. The highest BCUT2D eigenvalue weighted by Crippen LogP contribution is 2.32. The number of carboxylic acid groups (broad SMARTS) is 1. The number of fused-ring (bicyclic) bond motifs is 1. The molecule has 0 saturated heterocycles. The molecule has 1 atom stereocenters. The molecule has 0 aromatic rings. The molecule has 0 aromatic carbocycles. The fraction of sp³-hybridized carbons (Fsp3) is 0.300. The Hall–Kier alpha value is -1.91. The van der Waals surface area contributed by atoms with Gasteiger partial charge in [0.1, 0.15) is 0 Å². The second-order valence-electron chi connectivity index (χ2n) is 3.82. The molecule has 1 unspecified atom stereocenters. The molecule has 5 nitrogen and oxygen atoms in total. The van der Waals surface area contributed by atoms with Crippen molar-refractivity contribution in [2.45, 2.75) is 18.9 Å². The first-order valence-electron chi connectivity index (χ1n) is 4.41. The molecule has 0 bridgehead atoms. The number of aliphatic imine (C=N–C) groups is 1. The van der Waals surface area contributed by atoms with E-state index in [1.807, 2.05) is 0 Å². The molecule has 0 spiro atoms. The smallest absolute Gasteiger partial charge is 0.331 e. The van der Waals surface area contributed by atoms with Crippen LogP contribution in [0.4, 0.5) is 0 Å². The monoisotopic (exact) mass is 207 g/mol. The van der Waals surface area contributed by atoms with E-state index >= 15 is 0 Å². The van der Waals surface area contributed by atoms with Crippen molar-refractivity contribution >= 4 is 17.5 Å². The summed E-state index contributed by atoms with van der Waals surface area (Å²) in [7, 11) is 0. The topological polar surface area (TPSA) is 87.0 Å². The van der Waals surface area contributed by atoms with Crippen molar-refractivity contribution in [3.05, 3.63) is 23.5 Å². The van der Waals surface area contributed by atoms with Gasteiger partial charge in [0.25, 0.3) is 0 Å². The molecule has 1 aliphatic carbocycles. The molecule has 1 aliphatic heterocycles. The molecule has 0 amide bonds. The lowest BCUT2D eigenvalue weighted by Crippen LogP contribution is -2.30. The van der Waals surface area contributed by atoms with Crippen LogP contribution in [0.2, 0.25) is 0 Å². The third kappa shape index (κ3) is 1.36. The number of ketones is 1. The molecule has 0 fully saturated rings. The zero-order chi connectivity index (χ0) is 11.2. The number of carbonyl (C=O) groups is 2. The highest BCUT2D eigenvalue weighted by Gasteiger charge is 2.41. The molecule has 2 aliphatic rings. The van der Waals surface area contributed by atoms with Crippen LogP contribution >= 0.6 is 0 Å². The molecule has 15 heavy (non-hydrogen) atoms. The van der Waals surface area contributed by atoms with Gasteiger partial charge in [0, 0.05) is 12.5 Å². The average Bonchev–Trinajstić information content (AvgIpc) is 2.43. The van der Waals surface area contributed by atoms with Crippen LogP contribution < -0.4 is 0 Å². The summed E-state index contributed by atoms with van der Waals surface area (Å²) in [5.41, 5.74) is -0.262. The van der Waals surface area contributed by atoms with Crippen molar-refractivity contribution in [3.63, 3.8) is 0 Å². The van der Waals surface area contributed by atoms with Crippen molar-refractivity contribution in [2.24, 2.45) is 4.99 Å².